The van der Waals surface area contributed by atoms with Crippen LogP contribution in [0.25, 0.3) is 22.1 Å². The summed E-state index contributed by atoms with van der Waals surface area (Å²) >= 11 is 6.00. The van der Waals surface area contributed by atoms with Gasteiger partial charge in [-0.2, -0.15) is 0 Å². The van der Waals surface area contributed by atoms with Crippen LogP contribution in [0.15, 0.2) is 40.2 Å². The highest BCUT2D eigenvalue weighted by molar-refractivity contribution is 6.31. The molecule has 0 radical (unpaired) electrons. The molecule has 122 valence electrons. The second-order valence-electron chi connectivity index (χ2n) is 5.79. The summed E-state index contributed by atoms with van der Waals surface area (Å²) in [6.07, 6.45) is 1.53. The first kappa shape index (κ1) is 14.8. The fourth-order valence-electron chi connectivity index (χ4n) is 2.95. The summed E-state index contributed by atoms with van der Waals surface area (Å²) in [6.45, 7) is 0.152. The van der Waals surface area contributed by atoms with Gasteiger partial charge in [0.1, 0.15) is 0 Å². The van der Waals surface area contributed by atoms with E-state index < -0.39 is 5.69 Å². The molecule has 0 fully saturated rings. The molecule has 1 N–H and O–H groups in total. The van der Waals surface area contributed by atoms with Crippen molar-refractivity contribution in [3.63, 3.8) is 0 Å². The first-order chi connectivity index (χ1) is 11.5. The maximum atomic E-state index is 12.7. The Balaban J connectivity index is 1.91. The Hall–Kier alpha value is -2.80. The highest BCUT2D eigenvalue weighted by Gasteiger charge is 2.15. The molecule has 8 heteroatoms. The van der Waals surface area contributed by atoms with Gasteiger partial charge < -0.3 is 9.55 Å². The SMILES string of the molecule is Cn1cnc2c1c(=O)n(Cc1cc3cc(Cl)ccc3[nH]1)c(=O)n2C. The molecule has 0 aliphatic heterocycles. The summed E-state index contributed by atoms with van der Waals surface area (Å²) in [4.78, 5) is 32.6. The van der Waals surface area contributed by atoms with Gasteiger partial charge in [0.15, 0.2) is 11.2 Å². The number of hydrogen-bond acceptors (Lipinski definition) is 3. The van der Waals surface area contributed by atoms with E-state index in [1.807, 2.05) is 18.2 Å². The number of imidazole rings is 1. The lowest BCUT2D eigenvalue weighted by Gasteiger charge is -2.07. The third kappa shape index (κ3) is 2.09. The van der Waals surface area contributed by atoms with Crippen LogP contribution in [0.5, 0.6) is 0 Å². The summed E-state index contributed by atoms with van der Waals surface area (Å²) in [7, 11) is 3.34. The van der Waals surface area contributed by atoms with Crippen LogP contribution < -0.4 is 11.2 Å². The van der Waals surface area contributed by atoms with E-state index in [9.17, 15) is 9.59 Å². The molecule has 4 rings (SSSR count). The van der Waals surface area contributed by atoms with Gasteiger partial charge in [-0.15, -0.1) is 0 Å². The average Bonchev–Trinajstić information content (AvgIpc) is 3.12. The molecule has 0 saturated carbocycles. The number of aromatic amines is 1. The Bertz CT molecular complexity index is 1210. The van der Waals surface area contributed by atoms with Crippen LogP contribution in [0.4, 0.5) is 0 Å². The number of hydrogen-bond donors (Lipinski definition) is 1. The molecule has 24 heavy (non-hydrogen) atoms. The quantitative estimate of drug-likeness (QED) is 0.600. The summed E-state index contributed by atoms with van der Waals surface area (Å²) in [5.41, 5.74) is 1.69. The Morgan fingerprint density at radius 1 is 1.21 bits per heavy atom. The molecule has 1 aromatic carbocycles. The third-order valence-electron chi connectivity index (χ3n) is 4.17. The Kier molecular flexibility index (Phi) is 3.14. The molecule has 0 bridgehead atoms. The predicted octanol–water partition coefficient (Wildman–Crippen LogP) is 1.62. The van der Waals surface area contributed by atoms with Crippen molar-refractivity contribution in [1.82, 2.24) is 23.7 Å². The lowest BCUT2D eigenvalue weighted by atomic mass is 10.2. The second kappa shape index (κ2) is 5.10. The van der Waals surface area contributed by atoms with E-state index in [2.05, 4.69) is 9.97 Å². The molecule has 0 aliphatic rings. The summed E-state index contributed by atoms with van der Waals surface area (Å²) in [5, 5.41) is 1.57. The van der Waals surface area contributed by atoms with E-state index >= 15 is 0 Å². The number of aryl methyl sites for hydroxylation is 2. The minimum absolute atomic E-state index is 0.152. The van der Waals surface area contributed by atoms with Crippen molar-refractivity contribution in [3.8, 4) is 0 Å². The summed E-state index contributed by atoms with van der Waals surface area (Å²) in [5.74, 6) is 0. The fraction of sp³-hybridized carbons (Fsp3) is 0.188. The molecule has 4 aromatic rings. The van der Waals surface area contributed by atoms with Gasteiger partial charge in [0.05, 0.1) is 12.9 Å². The number of fused-ring (bicyclic) bond motifs is 2. The number of nitrogens with zero attached hydrogens (tertiary/aromatic N) is 4. The Labute approximate surface area is 140 Å². The van der Waals surface area contributed by atoms with Gasteiger partial charge in [0.25, 0.3) is 5.56 Å². The zero-order chi connectivity index (χ0) is 17.0. The minimum Gasteiger partial charge on any atom is -0.357 e. The number of benzene rings is 1. The summed E-state index contributed by atoms with van der Waals surface area (Å²) < 4.78 is 4.21. The van der Waals surface area contributed by atoms with Gasteiger partial charge in [-0.25, -0.2) is 9.78 Å². The molecule has 3 heterocycles. The molecular weight excluding hydrogens is 330 g/mol. The van der Waals surface area contributed by atoms with Crippen LogP contribution >= 0.6 is 11.6 Å². The molecule has 0 atom stereocenters. The normalized spacial score (nSPS) is 11.6. The number of aromatic nitrogens is 5. The molecule has 0 unspecified atom stereocenters. The first-order valence-corrected chi connectivity index (χ1v) is 7.71. The number of rotatable bonds is 2. The highest BCUT2D eigenvalue weighted by Crippen LogP contribution is 2.20. The van der Waals surface area contributed by atoms with E-state index in [1.54, 1.807) is 24.7 Å². The van der Waals surface area contributed by atoms with E-state index in [-0.39, 0.29) is 12.1 Å². The second-order valence-corrected chi connectivity index (χ2v) is 6.22. The van der Waals surface area contributed by atoms with Gasteiger partial charge in [0.2, 0.25) is 0 Å². The monoisotopic (exact) mass is 343 g/mol. The van der Waals surface area contributed by atoms with Crippen LogP contribution in [-0.4, -0.2) is 23.7 Å². The van der Waals surface area contributed by atoms with Crippen molar-refractivity contribution in [2.45, 2.75) is 6.54 Å². The van der Waals surface area contributed by atoms with Crippen molar-refractivity contribution in [3.05, 3.63) is 62.1 Å². The van der Waals surface area contributed by atoms with Gasteiger partial charge in [-0.1, -0.05) is 11.6 Å². The number of nitrogens with one attached hydrogen (secondary N) is 1. The maximum absolute atomic E-state index is 12.7. The molecule has 0 amide bonds. The first-order valence-electron chi connectivity index (χ1n) is 7.33. The topological polar surface area (TPSA) is 77.6 Å². The maximum Gasteiger partial charge on any atom is 0.332 e. The molecule has 7 nitrogen and oxygen atoms in total. The van der Waals surface area contributed by atoms with Crippen molar-refractivity contribution in [2.75, 3.05) is 0 Å². The van der Waals surface area contributed by atoms with E-state index in [4.69, 9.17) is 11.6 Å². The zero-order valence-corrected chi connectivity index (χ0v) is 13.8. The number of halogens is 1. The standard InChI is InChI=1S/C16H14ClN5O2/c1-20-8-18-14-13(20)15(23)22(16(24)21(14)2)7-11-6-9-5-10(17)3-4-12(9)19-11/h3-6,8,19H,7H2,1-2H3. The molecular formula is C16H14ClN5O2. The molecule has 0 spiro atoms. The number of H-pyrrole nitrogens is 1. The van der Waals surface area contributed by atoms with Crippen LogP contribution in [0, 0.1) is 0 Å². The van der Waals surface area contributed by atoms with Crippen LogP contribution in [0.1, 0.15) is 5.69 Å². The zero-order valence-electron chi connectivity index (χ0n) is 13.1. The third-order valence-corrected chi connectivity index (χ3v) is 4.40. The minimum atomic E-state index is -0.400. The van der Waals surface area contributed by atoms with Gasteiger partial charge in [-0.3, -0.25) is 13.9 Å². The lowest BCUT2D eigenvalue weighted by Crippen LogP contribution is -2.39. The van der Waals surface area contributed by atoms with Gasteiger partial charge in [-0.05, 0) is 24.3 Å². The van der Waals surface area contributed by atoms with Crippen molar-refractivity contribution in [1.29, 1.82) is 0 Å². The lowest BCUT2D eigenvalue weighted by molar-refractivity contribution is 0.648. The van der Waals surface area contributed by atoms with Gasteiger partial charge in [0, 0.05) is 35.7 Å². The van der Waals surface area contributed by atoms with Crippen LogP contribution in [0.3, 0.4) is 0 Å². The van der Waals surface area contributed by atoms with Crippen molar-refractivity contribution in [2.24, 2.45) is 14.1 Å². The Morgan fingerprint density at radius 3 is 2.79 bits per heavy atom. The molecule has 0 saturated heterocycles. The van der Waals surface area contributed by atoms with Gasteiger partial charge >= 0.3 is 5.69 Å². The van der Waals surface area contributed by atoms with E-state index in [0.717, 1.165) is 16.6 Å². The van der Waals surface area contributed by atoms with Crippen molar-refractivity contribution >= 4 is 33.7 Å². The van der Waals surface area contributed by atoms with Crippen molar-refractivity contribution < 1.29 is 0 Å². The Morgan fingerprint density at radius 2 is 2.00 bits per heavy atom. The predicted molar refractivity (Wildman–Crippen MR) is 92.6 cm³/mol. The average molecular weight is 344 g/mol. The highest BCUT2D eigenvalue weighted by atomic mass is 35.5. The van der Waals surface area contributed by atoms with Crippen LogP contribution in [-0.2, 0) is 20.6 Å². The molecule has 3 aromatic heterocycles. The van der Waals surface area contributed by atoms with E-state index in [0.29, 0.717) is 16.2 Å². The van der Waals surface area contributed by atoms with Crippen LogP contribution in [0.2, 0.25) is 5.02 Å². The fourth-order valence-corrected chi connectivity index (χ4v) is 3.14. The smallest absolute Gasteiger partial charge is 0.332 e. The largest absolute Gasteiger partial charge is 0.357 e. The summed E-state index contributed by atoms with van der Waals surface area (Å²) in [6, 6.07) is 7.38. The van der Waals surface area contributed by atoms with E-state index in [1.165, 1.54) is 15.5 Å². The molecule has 0 aliphatic carbocycles.